The van der Waals surface area contributed by atoms with Gasteiger partial charge >= 0.3 is 5.76 Å². The molecule has 2 rings (SSSR count). The molecule has 0 saturated heterocycles. The van der Waals surface area contributed by atoms with Crippen LogP contribution in [0.15, 0.2) is 27.4 Å². The van der Waals surface area contributed by atoms with E-state index in [1.54, 1.807) is 18.2 Å². The van der Waals surface area contributed by atoms with Crippen LogP contribution in [-0.4, -0.2) is 41.5 Å². The van der Waals surface area contributed by atoms with Crippen molar-refractivity contribution in [2.45, 2.75) is 12.5 Å². The van der Waals surface area contributed by atoms with Crippen LogP contribution in [0, 0.1) is 0 Å². The highest BCUT2D eigenvalue weighted by Gasteiger charge is 2.14. The fraction of sp³-hybridized carbons (Fsp3) is 0.417. The van der Waals surface area contributed by atoms with Gasteiger partial charge in [-0.1, -0.05) is 0 Å². The number of hydrogen-bond donors (Lipinski definition) is 3. The number of benzene rings is 1. The van der Waals surface area contributed by atoms with Crippen LogP contribution in [0.2, 0.25) is 0 Å². The number of nitrogens with zero attached hydrogens (tertiary/aromatic N) is 1. The maximum atomic E-state index is 11.1. The molecule has 1 unspecified atom stereocenters. The number of H-pyrrole nitrogens is 1. The van der Waals surface area contributed by atoms with Crippen LogP contribution < -0.4 is 10.7 Å². The molecule has 6 nitrogen and oxygen atoms in total. The Bertz CT molecular complexity index is 575. The lowest BCUT2D eigenvalue weighted by Gasteiger charge is -2.28. The maximum absolute atomic E-state index is 11.1. The van der Waals surface area contributed by atoms with Crippen LogP contribution in [0.5, 0.6) is 0 Å². The van der Waals surface area contributed by atoms with Gasteiger partial charge in [-0.3, -0.25) is 4.98 Å². The number of rotatable bonds is 5. The summed E-state index contributed by atoms with van der Waals surface area (Å²) < 4.78 is 4.92. The second-order valence-electron chi connectivity index (χ2n) is 4.15. The molecule has 0 saturated carbocycles. The molecule has 0 aliphatic carbocycles. The molecule has 0 aliphatic heterocycles. The summed E-state index contributed by atoms with van der Waals surface area (Å²) in [5.74, 6) is -0.487. The van der Waals surface area contributed by atoms with Gasteiger partial charge in [0.25, 0.3) is 0 Å². The molecule has 0 fully saturated rings. The summed E-state index contributed by atoms with van der Waals surface area (Å²) in [5.41, 5.74) is 1.96. The molecule has 0 bridgehead atoms. The first-order chi connectivity index (χ1) is 8.65. The van der Waals surface area contributed by atoms with Crippen LogP contribution in [0.25, 0.3) is 11.1 Å². The molecule has 18 heavy (non-hydrogen) atoms. The van der Waals surface area contributed by atoms with Gasteiger partial charge in [0.1, 0.15) is 0 Å². The van der Waals surface area contributed by atoms with Crippen LogP contribution in [0.4, 0.5) is 5.69 Å². The normalized spacial score (nSPS) is 12.8. The summed E-state index contributed by atoms with van der Waals surface area (Å²) in [5, 5.41) is 18.2. The highest BCUT2D eigenvalue weighted by Crippen LogP contribution is 2.21. The lowest BCUT2D eigenvalue weighted by atomic mass is 10.1. The number of fused-ring (bicyclic) bond motifs is 1. The molecule has 1 atom stereocenters. The SMILES string of the molecule is CN(c1ccc2oc(=O)[nH]c2c1)C(CO)CCO. The first-order valence-corrected chi connectivity index (χ1v) is 5.73. The zero-order valence-corrected chi connectivity index (χ0v) is 10.1. The zero-order chi connectivity index (χ0) is 13.1. The fourth-order valence-corrected chi connectivity index (χ4v) is 1.93. The molecule has 0 aliphatic rings. The van der Waals surface area contributed by atoms with E-state index in [1.165, 1.54) is 0 Å². The van der Waals surface area contributed by atoms with E-state index in [0.717, 1.165) is 5.69 Å². The summed E-state index contributed by atoms with van der Waals surface area (Å²) in [6.45, 7) is -0.0304. The highest BCUT2D eigenvalue weighted by atomic mass is 16.4. The van der Waals surface area contributed by atoms with Crippen molar-refractivity contribution in [1.82, 2.24) is 4.98 Å². The molecule has 2 aromatic rings. The zero-order valence-electron chi connectivity index (χ0n) is 10.1. The van der Waals surface area contributed by atoms with Crippen LogP contribution in [0.3, 0.4) is 0 Å². The third kappa shape index (κ3) is 2.39. The number of aliphatic hydroxyl groups excluding tert-OH is 2. The molecule has 0 radical (unpaired) electrons. The van der Waals surface area contributed by atoms with E-state index in [4.69, 9.17) is 9.52 Å². The van der Waals surface area contributed by atoms with Gasteiger partial charge in [0.15, 0.2) is 5.58 Å². The van der Waals surface area contributed by atoms with Crippen molar-refractivity contribution in [2.24, 2.45) is 0 Å². The van der Waals surface area contributed by atoms with E-state index in [-0.39, 0.29) is 19.3 Å². The molecular formula is C12H16N2O4. The summed E-state index contributed by atoms with van der Waals surface area (Å²) >= 11 is 0. The van der Waals surface area contributed by atoms with Crippen molar-refractivity contribution in [3.05, 3.63) is 28.7 Å². The molecule has 6 heteroatoms. The van der Waals surface area contributed by atoms with Gasteiger partial charge in [-0.05, 0) is 24.6 Å². The van der Waals surface area contributed by atoms with Gasteiger partial charge < -0.3 is 19.5 Å². The van der Waals surface area contributed by atoms with Gasteiger partial charge in [0, 0.05) is 19.3 Å². The minimum Gasteiger partial charge on any atom is -0.408 e. The summed E-state index contributed by atoms with van der Waals surface area (Å²) in [6, 6.07) is 5.12. The predicted molar refractivity (Wildman–Crippen MR) is 67.8 cm³/mol. The topological polar surface area (TPSA) is 89.7 Å². The Kier molecular flexibility index (Phi) is 3.69. The fourth-order valence-electron chi connectivity index (χ4n) is 1.93. The first kappa shape index (κ1) is 12.7. The van der Waals surface area contributed by atoms with E-state index in [2.05, 4.69) is 4.98 Å². The minimum absolute atomic E-state index is 0.0142. The smallest absolute Gasteiger partial charge is 0.408 e. The number of aromatic nitrogens is 1. The molecule has 1 aromatic heterocycles. The molecule has 1 aromatic carbocycles. The lowest BCUT2D eigenvalue weighted by Crippen LogP contribution is -2.35. The Morgan fingerprint density at radius 1 is 1.44 bits per heavy atom. The van der Waals surface area contributed by atoms with Crippen molar-refractivity contribution >= 4 is 16.8 Å². The van der Waals surface area contributed by atoms with Gasteiger partial charge in [-0.2, -0.15) is 0 Å². The van der Waals surface area contributed by atoms with Gasteiger partial charge in [0.2, 0.25) is 0 Å². The van der Waals surface area contributed by atoms with Crippen molar-refractivity contribution in [3.63, 3.8) is 0 Å². The molecule has 1 heterocycles. The summed E-state index contributed by atoms with van der Waals surface area (Å²) in [4.78, 5) is 15.5. The summed E-state index contributed by atoms with van der Waals surface area (Å²) in [7, 11) is 1.83. The second-order valence-corrected chi connectivity index (χ2v) is 4.15. The highest BCUT2D eigenvalue weighted by molar-refractivity contribution is 5.77. The van der Waals surface area contributed by atoms with Gasteiger partial charge in [-0.25, -0.2) is 4.79 Å². The van der Waals surface area contributed by atoms with E-state index in [9.17, 15) is 9.90 Å². The molecule has 0 amide bonds. The standard InChI is InChI=1S/C12H16N2O4/c1-14(9(7-16)4-5-15)8-2-3-11-10(6-8)13-12(17)18-11/h2-3,6,9,15-16H,4-5,7H2,1H3,(H,13,17). The average molecular weight is 252 g/mol. The maximum Gasteiger partial charge on any atom is 0.417 e. The third-order valence-electron chi connectivity index (χ3n) is 3.03. The number of likely N-dealkylation sites (N-methyl/N-ethyl adjacent to an activating group) is 1. The number of anilines is 1. The Morgan fingerprint density at radius 3 is 2.89 bits per heavy atom. The molecule has 3 N–H and O–H groups in total. The monoisotopic (exact) mass is 252 g/mol. The van der Waals surface area contributed by atoms with Crippen LogP contribution in [0.1, 0.15) is 6.42 Å². The Balaban J connectivity index is 2.31. The number of aliphatic hydroxyl groups is 2. The van der Waals surface area contributed by atoms with Crippen molar-refractivity contribution in [1.29, 1.82) is 0 Å². The van der Waals surface area contributed by atoms with Crippen LogP contribution in [-0.2, 0) is 0 Å². The number of aromatic amines is 1. The molecule has 98 valence electrons. The number of oxazole rings is 1. The van der Waals surface area contributed by atoms with Crippen LogP contribution >= 0.6 is 0 Å². The van der Waals surface area contributed by atoms with Crippen molar-refractivity contribution < 1.29 is 14.6 Å². The second kappa shape index (κ2) is 5.24. The van der Waals surface area contributed by atoms with Gasteiger partial charge in [-0.15, -0.1) is 0 Å². The quantitative estimate of drug-likeness (QED) is 0.712. The van der Waals surface area contributed by atoms with Gasteiger partial charge in [0.05, 0.1) is 18.2 Å². The largest absolute Gasteiger partial charge is 0.417 e. The average Bonchev–Trinajstić information content (AvgIpc) is 2.74. The Morgan fingerprint density at radius 2 is 2.22 bits per heavy atom. The molecule has 0 spiro atoms. The van der Waals surface area contributed by atoms with Crippen molar-refractivity contribution in [2.75, 3.05) is 25.2 Å². The lowest BCUT2D eigenvalue weighted by molar-refractivity contribution is 0.218. The molecular weight excluding hydrogens is 236 g/mol. The third-order valence-corrected chi connectivity index (χ3v) is 3.03. The van der Waals surface area contributed by atoms with E-state index >= 15 is 0 Å². The van der Waals surface area contributed by atoms with E-state index in [0.29, 0.717) is 17.5 Å². The Hall–Kier alpha value is -1.79. The Labute approximate surface area is 103 Å². The number of hydrogen-bond acceptors (Lipinski definition) is 5. The van der Waals surface area contributed by atoms with Crippen molar-refractivity contribution in [3.8, 4) is 0 Å². The van der Waals surface area contributed by atoms with E-state index in [1.807, 2.05) is 11.9 Å². The number of nitrogens with one attached hydrogen (secondary N) is 1. The summed E-state index contributed by atoms with van der Waals surface area (Å²) in [6.07, 6.45) is 0.479. The predicted octanol–water partition coefficient (Wildman–Crippen LogP) is 0.301. The minimum atomic E-state index is -0.487. The van der Waals surface area contributed by atoms with E-state index < -0.39 is 5.76 Å². The first-order valence-electron chi connectivity index (χ1n) is 5.73.